The summed E-state index contributed by atoms with van der Waals surface area (Å²) in [6.45, 7) is 1.47. The Labute approximate surface area is 118 Å². The third-order valence-electron chi connectivity index (χ3n) is 3.03. The number of hydrogen-bond donors (Lipinski definition) is 1. The van der Waals surface area contributed by atoms with Gasteiger partial charge in [0.1, 0.15) is 0 Å². The summed E-state index contributed by atoms with van der Waals surface area (Å²) in [4.78, 5) is 10.4. The molecule has 0 saturated heterocycles. The Morgan fingerprint density at radius 1 is 1.33 bits per heavy atom. The van der Waals surface area contributed by atoms with E-state index in [1.807, 2.05) is 16.9 Å². The molecule has 1 aromatic carbocycles. The van der Waals surface area contributed by atoms with Crippen LogP contribution in [0, 0.1) is 10.1 Å². The second kappa shape index (κ2) is 5.57. The molecule has 0 saturated carbocycles. The molecular weight excluding hydrogens is 276 g/mol. The Balaban J connectivity index is 1.68. The lowest BCUT2D eigenvalue weighted by molar-refractivity contribution is -0.383. The van der Waals surface area contributed by atoms with Gasteiger partial charge in [0.25, 0.3) is 0 Å². The van der Waals surface area contributed by atoms with Crippen LogP contribution in [-0.2, 0) is 6.54 Å². The molecule has 0 spiro atoms. The Kier molecular flexibility index (Phi) is 3.46. The van der Waals surface area contributed by atoms with Crippen LogP contribution in [0.4, 0.5) is 11.4 Å². The molecule has 9 heteroatoms. The van der Waals surface area contributed by atoms with Crippen LogP contribution in [0.3, 0.4) is 0 Å². The molecule has 0 aliphatic heterocycles. The fourth-order valence-electron chi connectivity index (χ4n) is 2.04. The van der Waals surface area contributed by atoms with Crippen LogP contribution in [0.25, 0.3) is 11.0 Å². The number of nitro benzene ring substituents is 1. The predicted molar refractivity (Wildman–Crippen MR) is 73.8 cm³/mol. The summed E-state index contributed by atoms with van der Waals surface area (Å²) < 4.78 is 6.44. The lowest BCUT2D eigenvalue weighted by atomic mass is 10.2. The first kappa shape index (κ1) is 13.0. The van der Waals surface area contributed by atoms with Gasteiger partial charge in [-0.3, -0.25) is 14.8 Å². The van der Waals surface area contributed by atoms with Crippen molar-refractivity contribution in [2.45, 2.75) is 13.0 Å². The van der Waals surface area contributed by atoms with E-state index in [2.05, 4.69) is 25.4 Å². The summed E-state index contributed by atoms with van der Waals surface area (Å²) >= 11 is 0. The predicted octanol–water partition coefficient (Wildman–Crippen LogP) is 1.83. The fraction of sp³-hybridized carbons (Fsp3) is 0.250. The molecule has 0 fully saturated rings. The topological polar surface area (TPSA) is 112 Å². The number of nitro groups is 1. The molecule has 0 radical (unpaired) electrons. The molecule has 2 aromatic heterocycles. The lowest BCUT2D eigenvalue weighted by Crippen LogP contribution is -2.07. The number of nitrogens with one attached hydrogen (secondary N) is 1. The maximum absolute atomic E-state index is 10.9. The van der Waals surface area contributed by atoms with Crippen molar-refractivity contribution in [3.05, 3.63) is 40.7 Å². The first-order chi connectivity index (χ1) is 10.3. The van der Waals surface area contributed by atoms with E-state index in [4.69, 9.17) is 0 Å². The normalized spacial score (nSPS) is 10.9. The van der Waals surface area contributed by atoms with Gasteiger partial charge in [-0.1, -0.05) is 0 Å². The maximum Gasteiger partial charge on any atom is 0.300 e. The number of non-ortho nitro benzene ring substituents is 1. The minimum Gasteiger partial charge on any atom is -0.383 e. The zero-order chi connectivity index (χ0) is 14.7. The molecular formula is C12H12N6O3. The Bertz CT molecular complexity index is 752. The minimum atomic E-state index is -0.506. The lowest BCUT2D eigenvalue weighted by Gasteiger charge is -2.06. The molecule has 21 heavy (non-hydrogen) atoms. The second-order valence-corrected chi connectivity index (χ2v) is 4.40. The van der Waals surface area contributed by atoms with E-state index in [0.717, 1.165) is 13.0 Å². The van der Waals surface area contributed by atoms with Crippen LogP contribution in [0.15, 0.2) is 35.2 Å². The summed E-state index contributed by atoms with van der Waals surface area (Å²) in [6, 6.07) is 4.87. The van der Waals surface area contributed by atoms with E-state index in [9.17, 15) is 10.1 Å². The molecule has 108 valence electrons. The monoisotopic (exact) mass is 288 g/mol. The van der Waals surface area contributed by atoms with E-state index in [-0.39, 0.29) is 11.2 Å². The second-order valence-electron chi connectivity index (χ2n) is 4.40. The van der Waals surface area contributed by atoms with Crippen LogP contribution >= 0.6 is 0 Å². The molecule has 0 aliphatic rings. The molecule has 0 amide bonds. The summed E-state index contributed by atoms with van der Waals surface area (Å²) in [5, 5.41) is 25.5. The smallest absolute Gasteiger partial charge is 0.300 e. The number of rotatable bonds is 6. The number of aromatic nitrogens is 4. The highest BCUT2D eigenvalue weighted by molar-refractivity contribution is 5.93. The van der Waals surface area contributed by atoms with Crippen LogP contribution in [0.2, 0.25) is 0 Å². The van der Waals surface area contributed by atoms with Crippen molar-refractivity contribution in [3.63, 3.8) is 0 Å². The third-order valence-corrected chi connectivity index (χ3v) is 3.03. The quantitative estimate of drug-likeness (QED) is 0.418. The summed E-state index contributed by atoms with van der Waals surface area (Å²) in [5.74, 6) is 0. The summed E-state index contributed by atoms with van der Waals surface area (Å²) in [7, 11) is 0. The van der Waals surface area contributed by atoms with E-state index in [0.29, 0.717) is 17.7 Å². The van der Waals surface area contributed by atoms with Crippen molar-refractivity contribution in [1.29, 1.82) is 0 Å². The van der Waals surface area contributed by atoms with Gasteiger partial charge in [-0.15, -0.1) is 0 Å². The zero-order valence-corrected chi connectivity index (χ0v) is 11.0. The van der Waals surface area contributed by atoms with Gasteiger partial charge >= 0.3 is 5.69 Å². The molecule has 9 nitrogen and oxygen atoms in total. The molecule has 3 rings (SSSR count). The minimum absolute atomic E-state index is 0.117. The molecule has 1 N–H and O–H groups in total. The summed E-state index contributed by atoms with van der Waals surface area (Å²) in [5.41, 5.74) is 1.06. The highest BCUT2D eigenvalue weighted by Gasteiger charge is 2.19. The number of hydrogen-bond acceptors (Lipinski definition) is 7. The molecule has 0 atom stereocenters. The van der Waals surface area contributed by atoms with Crippen LogP contribution < -0.4 is 5.32 Å². The van der Waals surface area contributed by atoms with Crippen molar-refractivity contribution >= 4 is 22.4 Å². The molecule has 3 aromatic rings. The summed E-state index contributed by atoms with van der Waals surface area (Å²) in [6.07, 6.45) is 4.48. The highest BCUT2D eigenvalue weighted by atomic mass is 16.6. The number of benzene rings is 1. The van der Waals surface area contributed by atoms with Crippen molar-refractivity contribution < 1.29 is 9.55 Å². The molecule has 0 unspecified atom stereocenters. The fourth-order valence-corrected chi connectivity index (χ4v) is 2.04. The van der Waals surface area contributed by atoms with Crippen molar-refractivity contribution in [1.82, 2.24) is 20.1 Å². The van der Waals surface area contributed by atoms with Crippen molar-refractivity contribution in [2.24, 2.45) is 0 Å². The van der Waals surface area contributed by atoms with Gasteiger partial charge < -0.3 is 5.32 Å². The average molecular weight is 288 g/mol. The van der Waals surface area contributed by atoms with E-state index in [1.165, 1.54) is 6.07 Å². The molecule has 0 aliphatic carbocycles. The highest BCUT2D eigenvalue weighted by Crippen LogP contribution is 2.28. The number of anilines is 1. The van der Waals surface area contributed by atoms with Gasteiger partial charge in [0.05, 0.1) is 10.6 Å². The molecule has 2 heterocycles. The van der Waals surface area contributed by atoms with Gasteiger partial charge in [0.15, 0.2) is 5.52 Å². The van der Waals surface area contributed by atoms with E-state index in [1.54, 1.807) is 12.3 Å². The van der Waals surface area contributed by atoms with Crippen LogP contribution in [-0.4, -0.2) is 31.6 Å². The van der Waals surface area contributed by atoms with E-state index < -0.39 is 4.92 Å². The first-order valence-corrected chi connectivity index (χ1v) is 6.36. The van der Waals surface area contributed by atoms with Crippen LogP contribution in [0.1, 0.15) is 6.42 Å². The number of aryl methyl sites for hydroxylation is 1. The number of fused-ring (bicyclic) bond motifs is 1. The Morgan fingerprint density at radius 3 is 2.95 bits per heavy atom. The maximum atomic E-state index is 10.9. The van der Waals surface area contributed by atoms with Crippen LogP contribution in [0.5, 0.6) is 0 Å². The third kappa shape index (κ3) is 2.66. The van der Waals surface area contributed by atoms with Crippen molar-refractivity contribution in [3.8, 4) is 0 Å². The Morgan fingerprint density at radius 2 is 2.19 bits per heavy atom. The number of nitrogens with zero attached hydrogens (tertiary/aromatic N) is 5. The SMILES string of the molecule is O=[N+]([O-])c1ccc(NCCCn2cccn2)c2nonc12. The van der Waals surface area contributed by atoms with Gasteiger partial charge in [0.2, 0.25) is 5.52 Å². The average Bonchev–Trinajstić information content (AvgIpc) is 3.14. The van der Waals surface area contributed by atoms with Gasteiger partial charge in [-0.05, 0) is 28.9 Å². The first-order valence-electron chi connectivity index (χ1n) is 6.36. The largest absolute Gasteiger partial charge is 0.383 e. The van der Waals surface area contributed by atoms with Crippen molar-refractivity contribution in [2.75, 3.05) is 11.9 Å². The molecule has 0 bridgehead atoms. The van der Waals surface area contributed by atoms with Gasteiger partial charge in [-0.25, -0.2) is 4.63 Å². The van der Waals surface area contributed by atoms with Gasteiger partial charge in [-0.2, -0.15) is 5.10 Å². The standard InChI is InChI=1S/C12H12N6O3/c19-18(20)10-4-3-9(11-12(10)16-21-15-11)13-5-1-7-17-8-2-6-14-17/h2-4,6,8,13H,1,5,7H2. The van der Waals surface area contributed by atoms with Gasteiger partial charge in [0, 0.05) is 31.5 Å². The Hall–Kier alpha value is -2.97. The zero-order valence-electron chi connectivity index (χ0n) is 11.0. The van der Waals surface area contributed by atoms with E-state index >= 15 is 0 Å².